The highest BCUT2D eigenvalue weighted by molar-refractivity contribution is 7.87. The molecule has 1 N–H and O–H groups in total. The highest BCUT2D eigenvalue weighted by Crippen LogP contribution is 2.28. The van der Waals surface area contributed by atoms with E-state index in [0.717, 1.165) is 6.42 Å². The summed E-state index contributed by atoms with van der Waals surface area (Å²) in [5.41, 5.74) is 0. The van der Waals surface area contributed by atoms with Crippen LogP contribution in [0.5, 0.6) is 0 Å². The molecule has 0 aromatic heterocycles. The van der Waals surface area contributed by atoms with Gasteiger partial charge in [-0.25, -0.2) is 0 Å². The quantitative estimate of drug-likeness (QED) is 0.632. The SMILES string of the molecule is O=C(OC1CCCCC1)C(C(F)(F)F)S(=O)(=O)O. The molecule has 1 aliphatic rings. The first-order valence-corrected chi connectivity index (χ1v) is 6.86. The molecule has 1 saturated carbocycles. The van der Waals surface area contributed by atoms with Gasteiger partial charge in [-0.1, -0.05) is 6.42 Å². The monoisotopic (exact) mass is 290 g/mol. The zero-order valence-corrected chi connectivity index (χ0v) is 10.1. The van der Waals surface area contributed by atoms with Crippen LogP contribution in [-0.4, -0.2) is 36.5 Å². The average Bonchev–Trinajstić information content (AvgIpc) is 2.13. The summed E-state index contributed by atoms with van der Waals surface area (Å²) < 4.78 is 71.3. The number of hydrogen-bond acceptors (Lipinski definition) is 4. The van der Waals surface area contributed by atoms with Gasteiger partial charge in [0, 0.05) is 0 Å². The van der Waals surface area contributed by atoms with Crippen LogP contribution in [0.3, 0.4) is 0 Å². The molecule has 0 aromatic carbocycles. The van der Waals surface area contributed by atoms with Crippen molar-refractivity contribution in [3.8, 4) is 0 Å². The minimum atomic E-state index is -5.57. The van der Waals surface area contributed by atoms with Crippen LogP contribution in [0.15, 0.2) is 0 Å². The molecule has 1 fully saturated rings. The molecule has 0 radical (unpaired) electrons. The predicted octanol–water partition coefficient (Wildman–Crippen LogP) is 1.68. The largest absolute Gasteiger partial charge is 0.461 e. The van der Waals surface area contributed by atoms with Gasteiger partial charge in [-0.05, 0) is 25.7 Å². The number of hydrogen-bond donors (Lipinski definition) is 1. The van der Waals surface area contributed by atoms with Crippen molar-refractivity contribution in [2.45, 2.75) is 49.6 Å². The number of carbonyl (C=O) groups is 1. The van der Waals surface area contributed by atoms with Crippen molar-refractivity contribution in [2.75, 3.05) is 0 Å². The van der Waals surface area contributed by atoms with Crippen molar-refractivity contribution >= 4 is 16.1 Å². The van der Waals surface area contributed by atoms with E-state index in [2.05, 4.69) is 4.74 Å². The minimum Gasteiger partial charge on any atom is -0.461 e. The molecule has 0 heterocycles. The molecule has 0 saturated heterocycles. The lowest BCUT2D eigenvalue weighted by molar-refractivity contribution is -0.174. The molecule has 0 aromatic rings. The number of alkyl halides is 3. The number of esters is 1. The molecule has 0 amide bonds. The Bertz CT molecular complexity index is 397. The lowest BCUT2D eigenvalue weighted by Gasteiger charge is -2.24. The van der Waals surface area contributed by atoms with E-state index in [0.29, 0.717) is 25.7 Å². The second-order valence-corrected chi connectivity index (χ2v) is 5.63. The van der Waals surface area contributed by atoms with Crippen LogP contribution in [0, 0.1) is 0 Å². The maximum atomic E-state index is 12.4. The Morgan fingerprint density at radius 2 is 1.72 bits per heavy atom. The molecule has 0 aliphatic heterocycles. The van der Waals surface area contributed by atoms with Crippen molar-refractivity contribution in [2.24, 2.45) is 0 Å². The van der Waals surface area contributed by atoms with Crippen molar-refractivity contribution in [1.82, 2.24) is 0 Å². The van der Waals surface area contributed by atoms with Gasteiger partial charge in [-0.2, -0.15) is 21.6 Å². The van der Waals surface area contributed by atoms with Gasteiger partial charge in [-0.3, -0.25) is 9.35 Å². The Labute approximate surface area is 102 Å². The lowest BCUT2D eigenvalue weighted by Crippen LogP contribution is -2.45. The third-order valence-corrected chi connectivity index (χ3v) is 3.70. The minimum absolute atomic E-state index is 0.405. The van der Waals surface area contributed by atoms with Gasteiger partial charge < -0.3 is 4.74 Å². The highest BCUT2D eigenvalue weighted by Gasteiger charge is 2.55. The molecule has 18 heavy (non-hydrogen) atoms. The fourth-order valence-corrected chi connectivity index (χ4v) is 2.47. The Morgan fingerprint density at radius 3 is 2.11 bits per heavy atom. The van der Waals surface area contributed by atoms with Gasteiger partial charge in [0.15, 0.2) is 0 Å². The van der Waals surface area contributed by atoms with Crippen LogP contribution in [0.1, 0.15) is 32.1 Å². The van der Waals surface area contributed by atoms with Gasteiger partial charge in [0.2, 0.25) is 0 Å². The van der Waals surface area contributed by atoms with E-state index >= 15 is 0 Å². The topological polar surface area (TPSA) is 80.7 Å². The standard InChI is InChI=1S/C9H13F3O5S/c10-9(11,12)7(18(14,15)16)8(13)17-6-4-2-1-3-5-6/h6-7H,1-5H2,(H,14,15,16). The zero-order valence-electron chi connectivity index (χ0n) is 9.31. The summed E-state index contributed by atoms with van der Waals surface area (Å²) in [5, 5.41) is -3.52. The van der Waals surface area contributed by atoms with Crippen molar-refractivity contribution in [3.63, 3.8) is 0 Å². The number of ether oxygens (including phenoxy) is 1. The molecule has 9 heteroatoms. The molecule has 1 aliphatic carbocycles. The van der Waals surface area contributed by atoms with Gasteiger partial charge in [-0.15, -0.1) is 0 Å². The predicted molar refractivity (Wildman–Crippen MR) is 54.4 cm³/mol. The van der Waals surface area contributed by atoms with Crippen molar-refractivity contribution in [1.29, 1.82) is 0 Å². The molecule has 0 bridgehead atoms. The van der Waals surface area contributed by atoms with Crippen LogP contribution in [0.25, 0.3) is 0 Å². The van der Waals surface area contributed by atoms with Gasteiger partial charge in [0.1, 0.15) is 6.10 Å². The van der Waals surface area contributed by atoms with E-state index in [1.807, 2.05) is 0 Å². The van der Waals surface area contributed by atoms with Crippen molar-refractivity contribution < 1.29 is 35.7 Å². The maximum absolute atomic E-state index is 12.4. The first-order valence-electron chi connectivity index (χ1n) is 5.36. The average molecular weight is 290 g/mol. The summed E-state index contributed by atoms with van der Waals surface area (Å²) in [7, 11) is -5.57. The fraction of sp³-hybridized carbons (Fsp3) is 0.889. The summed E-state index contributed by atoms with van der Waals surface area (Å²) in [4.78, 5) is 11.2. The van der Waals surface area contributed by atoms with Crippen LogP contribution < -0.4 is 0 Å². The third kappa shape index (κ3) is 4.13. The highest BCUT2D eigenvalue weighted by atomic mass is 32.2. The molecule has 1 atom stereocenters. The molecule has 5 nitrogen and oxygen atoms in total. The fourth-order valence-electron chi connectivity index (χ4n) is 1.83. The third-order valence-electron chi connectivity index (χ3n) is 2.64. The lowest BCUT2D eigenvalue weighted by atomic mass is 9.98. The summed E-state index contributed by atoms with van der Waals surface area (Å²) >= 11 is 0. The Morgan fingerprint density at radius 1 is 1.22 bits per heavy atom. The van der Waals surface area contributed by atoms with Gasteiger partial charge in [0.25, 0.3) is 15.4 Å². The number of halogens is 3. The van der Waals surface area contributed by atoms with Crippen LogP contribution in [0.2, 0.25) is 0 Å². The number of rotatable bonds is 3. The molecule has 0 spiro atoms. The normalized spacial score (nSPS) is 20.4. The zero-order chi connectivity index (χ0) is 14.0. The van der Waals surface area contributed by atoms with E-state index in [-0.39, 0.29) is 0 Å². The van der Waals surface area contributed by atoms with E-state index in [4.69, 9.17) is 4.55 Å². The van der Waals surface area contributed by atoms with E-state index in [1.54, 1.807) is 0 Å². The van der Waals surface area contributed by atoms with Crippen LogP contribution in [0.4, 0.5) is 13.2 Å². The summed E-state index contributed by atoms with van der Waals surface area (Å²) in [6, 6.07) is 0. The van der Waals surface area contributed by atoms with Crippen LogP contribution >= 0.6 is 0 Å². The molecule has 1 unspecified atom stereocenters. The molecule has 106 valence electrons. The Balaban J connectivity index is 2.77. The smallest absolute Gasteiger partial charge is 0.418 e. The second kappa shape index (κ2) is 5.43. The van der Waals surface area contributed by atoms with E-state index in [1.165, 1.54) is 0 Å². The summed E-state index contributed by atoms with van der Waals surface area (Å²) in [5.74, 6) is -1.96. The van der Waals surface area contributed by atoms with Crippen molar-refractivity contribution in [3.05, 3.63) is 0 Å². The number of carbonyl (C=O) groups excluding carboxylic acids is 1. The molecule has 1 rings (SSSR count). The molecular formula is C9H13F3O5S. The molecular weight excluding hydrogens is 277 g/mol. The maximum Gasteiger partial charge on any atom is 0.418 e. The summed E-state index contributed by atoms with van der Waals surface area (Å²) in [6.45, 7) is 0. The van der Waals surface area contributed by atoms with Gasteiger partial charge in [0.05, 0.1) is 0 Å². The van der Waals surface area contributed by atoms with Gasteiger partial charge >= 0.3 is 12.1 Å². The first kappa shape index (κ1) is 15.2. The Kier molecular flexibility index (Phi) is 4.60. The second-order valence-electron chi connectivity index (χ2n) is 4.13. The first-order chi connectivity index (χ1) is 8.12. The Hall–Kier alpha value is -0.830. The van der Waals surface area contributed by atoms with E-state index in [9.17, 15) is 26.4 Å². The van der Waals surface area contributed by atoms with Crippen LogP contribution in [-0.2, 0) is 19.6 Å². The summed E-state index contributed by atoms with van der Waals surface area (Å²) in [6.07, 6.45) is -2.98. The van der Waals surface area contributed by atoms with E-state index < -0.39 is 33.6 Å².